The van der Waals surface area contributed by atoms with Gasteiger partial charge in [-0.1, -0.05) is 50.6 Å². The van der Waals surface area contributed by atoms with E-state index in [1.165, 1.54) is 13.8 Å². The Hall–Kier alpha value is -6.90. The summed E-state index contributed by atoms with van der Waals surface area (Å²) in [5.74, 6) is 3.51. The number of anilines is 1. The van der Waals surface area contributed by atoms with Gasteiger partial charge in [-0.15, -0.1) is 0 Å². The average molecular weight is 858 g/mol. The van der Waals surface area contributed by atoms with Gasteiger partial charge in [0.1, 0.15) is 35.2 Å². The summed E-state index contributed by atoms with van der Waals surface area (Å²) in [6, 6.07) is 15.1. The number of unbranched alkanes of at least 4 members (excludes halogenated alkanes) is 1. The topological polar surface area (TPSA) is 255 Å². The van der Waals surface area contributed by atoms with E-state index in [4.69, 9.17) is 37.0 Å². The number of aryl methyl sites for hydroxylation is 1. The van der Waals surface area contributed by atoms with E-state index < -0.39 is 53.7 Å². The largest absolute Gasteiger partial charge is 0.378 e. The third kappa shape index (κ3) is 11.5. The molecule has 5 amide bonds. The second kappa shape index (κ2) is 20.8. The molecule has 1 saturated heterocycles. The maximum absolute atomic E-state index is 13.2. The zero-order chi connectivity index (χ0) is 45.2. The van der Waals surface area contributed by atoms with E-state index in [1.807, 2.05) is 62.4 Å². The maximum Gasteiger partial charge on any atom is 0.248 e. The predicted molar refractivity (Wildman–Crippen MR) is 239 cm³/mol. The molecule has 63 heavy (non-hydrogen) atoms. The molecule has 0 radical (unpaired) electrons. The molecular formula is C46H55N11O6. The minimum Gasteiger partial charge on any atom is -0.378 e. The van der Waals surface area contributed by atoms with Crippen LogP contribution >= 0.6 is 0 Å². The number of benzene rings is 2. The van der Waals surface area contributed by atoms with Gasteiger partial charge in [-0.3, -0.25) is 24.0 Å². The van der Waals surface area contributed by atoms with Gasteiger partial charge in [-0.25, -0.2) is 14.5 Å². The van der Waals surface area contributed by atoms with Crippen LogP contribution in [-0.4, -0.2) is 99.6 Å². The van der Waals surface area contributed by atoms with E-state index in [9.17, 15) is 24.0 Å². The minimum atomic E-state index is -1.04. The Morgan fingerprint density at radius 3 is 2.29 bits per heavy atom. The van der Waals surface area contributed by atoms with E-state index in [-0.39, 0.29) is 12.3 Å². The van der Waals surface area contributed by atoms with Crippen molar-refractivity contribution in [3.8, 4) is 23.1 Å². The van der Waals surface area contributed by atoms with Crippen molar-refractivity contribution in [3.63, 3.8) is 0 Å². The fourth-order valence-electron chi connectivity index (χ4n) is 7.41. The van der Waals surface area contributed by atoms with E-state index in [2.05, 4.69) is 32.7 Å². The summed E-state index contributed by atoms with van der Waals surface area (Å²) in [7, 11) is 0. The molecule has 1 aliphatic rings. The number of aromatic nitrogens is 4. The monoisotopic (exact) mass is 857 g/mol. The molecule has 17 heteroatoms. The number of hydrogen-bond donors (Lipinski definition) is 6. The van der Waals surface area contributed by atoms with Crippen LogP contribution in [0.5, 0.6) is 0 Å². The number of nitrogens with one attached hydrogen (secondary N) is 3. The molecule has 0 unspecified atom stereocenters. The third-order valence-corrected chi connectivity index (χ3v) is 10.8. The van der Waals surface area contributed by atoms with Crippen molar-refractivity contribution in [1.82, 2.24) is 35.5 Å². The van der Waals surface area contributed by atoms with Crippen LogP contribution in [0.3, 0.4) is 0 Å². The van der Waals surface area contributed by atoms with Crippen molar-refractivity contribution < 1.29 is 28.7 Å². The van der Waals surface area contributed by atoms with Crippen molar-refractivity contribution in [2.75, 3.05) is 31.2 Å². The number of nitrogens with two attached hydrogens (primary N) is 3. The van der Waals surface area contributed by atoms with Gasteiger partial charge in [-0.05, 0) is 93.2 Å². The fraction of sp³-hybridized carbons (Fsp3) is 0.391. The Labute approximate surface area is 365 Å². The molecule has 0 saturated carbocycles. The Kier molecular flexibility index (Phi) is 15.0. The first-order valence-electron chi connectivity index (χ1n) is 21.2. The van der Waals surface area contributed by atoms with Gasteiger partial charge in [-0.2, -0.15) is 5.10 Å². The molecule has 3 aromatic heterocycles. The number of ether oxygens (including phenoxy) is 1. The molecule has 0 bridgehead atoms. The van der Waals surface area contributed by atoms with E-state index in [0.717, 1.165) is 16.6 Å². The van der Waals surface area contributed by atoms with Gasteiger partial charge in [0.25, 0.3) is 0 Å². The fourth-order valence-corrected chi connectivity index (χ4v) is 7.41. The van der Waals surface area contributed by atoms with E-state index in [1.54, 1.807) is 22.8 Å². The number of para-hydroxylation sites is 1. The quantitative estimate of drug-likeness (QED) is 0.0585. The van der Waals surface area contributed by atoms with Crippen molar-refractivity contribution >= 4 is 51.8 Å². The van der Waals surface area contributed by atoms with Crippen LogP contribution in [0.4, 0.5) is 5.69 Å². The van der Waals surface area contributed by atoms with Crippen LogP contribution in [-0.2, 0) is 30.3 Å². The van der Waals surface area contributed by atoms with Crippen molar-refractivity contribution in [1.29, 1.82) is 0 Å². The van der Waals surface area contributed by atoms with Gasteiger partial charge in [0, 0.05) is 29.6 Å². The lowest BCUT2D eigenvalue weighted by atomic mass is 9.96. The summed E-state index contributed by atoms with van der Waals surface area (Å²) in [5.41, 5.74) is 22.9. The average Bonchev–Trinajstić information content (AvgIpc) is 3.64. The van der Waals surface area contributed by atoms with E-state index >= 15 is 0 Å². The van der Waals surface area contributed by atoms with Crippen LogP contribution in [0.1, 0.15) is 80.7 Å². The Morgan fingerprint density at radius 1 is 0.825 bits per heavy atom. The van der Waals surface area contributed by atoms with Crippen molar-refractivity contribution in [3.05, 3.63) is 89.4 Å². The molecule has 6 rings (SSSR count). The second-order valence-electron chi connectivity index (χ2n) is 16.2. The lowest BCUT2D eigenvalue weighted by Crippen LogP contribution is -2.56. The molecular weight excluding hydrogens is 803 g/mol. The summed E-state index contributed by atoms with van der Waals surface area (Å²) in [4.78, 5) is 75.7. The summed E-state index contributed by atoms with van der Waals surface area (Å²) in [6.45, 7) is 9.32. The first-order valence-corrected chi connectivity index (χ1v) is 21.2. The van der Waals surface area contributed by atoms with Gasteiger partial charge in [0.15, 0.2) is 5.65 Å². The Morgan fingerprint density at radius 2 is 1.57 bits per heavy atom. The zero-order valence-corrected chi connectivity index (χ0v) is 36.0. The predicted octanol–water partition coefficient (Wildman–Crippen LogP) is 2.35. The number of amides is 5. The number of rotatable bonds is 17. The van der Waals surface area contributed by atoms with Crippen LogP contribution < -0.4 is 38.1 Å². The summed E-state index contributed by atoms with van der Waals surface area (Å²) < 4.78 is 7.37. The van der Waals surface area contributed by atoms with Gasteiger partial charge in [0.05, 0.1) is 36.7 Å². The number of primary amides is 2. The van der Waals surface area contributed by atoms with Crippen LogP contribution in [0.15, 0.2) is 66.9 Å². The number of hydrogen-bond acceptors (Lipinski definition) is 11. The van der Waals surface area contributed by atoms with E-state index in [0.29, 0.717) is 91.4 Å². The SMILES string of the molecule is CC(C)C[C@H](NC(=O)[C@H](C)N)C(=O)N[C@@H](C)C(=O)N[C@@H](CCCCc1cc(-c2c(C#Cc3ccc4ccccc4n3)nc3c(N4CCOCC4)ccnn23)ccc1C(N)=O)C(N)=O. The van der Waals surface area contributed by atoms with Crippen molar-refractivity contribution in [2.45, 2.75) is 84.0 Å². The highest BCUT2D eigenvalue weighted by Crippen LogP contribution is 2.31. The number of carbonyl (C=O) groups excluding carboxylic acids is 5. The van der Waals surface area contributed by atoms with Gasteiger partial charge >= 0.3 is 0 Å². The number of fused-ring (bicyclic) bond motifs is 2. The molecule has 5 aromatic rings. The highest BCUT2D eigenvalue weighted by Gasteiger charge is 2.28. The first kappa shape index (κ1) is 45.6. The number of morpholine rings is 1. The second-order valence-corrected chi connectivity index (χ2v) is 16.2. The lowest BCUT2D eigenvalue weighted by Gasteiger charge is -2.28. The molecule has 0 spiro atoms. The minimum absolute atomic E-state index is 0.0619. The normalized spacial score (nSPS) is 14.6. The molecule has 1 fully saturated rings. The smallest absolute Gasteiger partial charge is 0.248 e. The number of imidazole rings is 1. The summed E-state index contributed by atoms with van der Waals surface area (Å²) in [6.07, 6.45) is 3.57. The van der Waals surface area contributed by atoms with Gasteiger partial charge in [0.2, 0.25) is 29.5 Å². The summed E-state index contributed by atoms with van der Waals surface area (Å²) in [5, 5.41) is 13.6. The highest BCUT2D eigenvalue weighted by atomic mass is 16.5. The molecule has 4 atom stereocenters. The number of carbonyl (C=O) groups is 5. The molecule has 0 aliphatic carbocycles. The lowest BCUT2D eigenvalue weighted by molar-refractivity contribution is -0.133. The van der Waals surface area contributed by atoms with Crippen LogP contribution in [0.2, 0.25) is 0 Å². The summed E-state index contributed by atoms with van der Waals surface area (Å²) >= 11 is 0. The number of pyridine rings is 1. The molecule has 330 valence electrons. The molecule has 9 N–H and O–H groups in total. The zero-order valence-electron chi connectivity index (χ0n) is 36.0. The molecule has 4 heterocycles. The highest BCUT2D eigenvalue weighted by molar-refractivity contribution is 5.96. The van der Waals surface area contributed by atoms with Crippen LogP contribution in [0, 0.1) is 17.8 Å². The number of nitrogens with zero attached hydrogens (tertiary/aromatic N) is 5. The molecule has 2 aromatic carbocycles. The third-order valence-electron chi connectivity index (χ3n) is 10.8. The van der Waals surface area contributed by atoms with Crippen molar-refractivity contribution in [2.24, 2.45) is 23.1 Å². The maximum atomic E-state index is 13.2. The standard InChI is InChI=1S/C46H55N11O6/c1-27(2)25-38(55-44(60)28(3)47)46(62)51-29(4)45(61)54-37(42(49)59)12-8-6-10-31-26-32(14-17-34(31)41(48)58)40-36(18-16-33-15-13-30-9-5-7-11-35(30)52-33)53-43-39(19-20-50-57(40)43)56-21-23-63-24-22-56/h5,7,9,11,13-15,17,19-20,26-29,37-38H,6,8,10,12,21-25,47H2,1-4H3,(H2,48,58)(H2,49,59)(H,51,62)(H,54,61)(H,55,60)/t28-,29-,37-,38-/m0/s1. The Bertz CT molecular complexity index is 2550. The molecule has 17 nitrogen and oxygen atoms in total. The molecule has 1 aliphatic heterocycles. The van der Waals surface area contributed by atoms with Gasteiger partial charge < -0.3 is 42.8 Å². The Balaban J connectivity index is 1.20. The first-order chi connectivity index (χ1) is 30.2. The van der Waals surface area contributed by atoms with Crippen LogP contribution in [0.25, 0.3) is 27.8 Å².